The predicted molar refractivity (Wildman–Crippen MR) is 145 cm³/mol. The second-order valence-corrected chi connectivity index (χ2v) is 11.0. The second kappa shape index (κ2) is 10.1. The number of rotatable bonds is 5. The lowest BCUT2D eigenvalue weighted by molar-refractivity contribution is -0.0254. The topological polar surface area (TPSA) is 65.0 Å². The summed E-state index contributed by atoms with van der Waals surface area (Å²) in [5, 5.41) is 26.0. The average molecular weight is 507 g/mol. The van der Waals surface area contributed by atoms with Crippen molar-refractivity contribution in [2.75, 3.05) is 26.2 Å². The number of likely N-dealkylation sites (tertiary alicyclic amines) is 1. The summed E-state index contributed by atoms with van der Waals surface area (Å²) in [4.78, 5) is 2.42. The highest BCUT2D eigenvalue weighted by Crippen LogP contribution is 2.39. The SMILES string of the molecule is CC(C)(O)c1ccc2c(c1)/C(=C/CCN1CCC(O)(c3ccc(Cl)cc3)CC1)C1=CC=CNC1CO2. The van der Waals surface area contributed by atoms with Crippen LogP contribution in [0.25, 0.3) is 5.57 Å². The Morgan fingerprint density at radius 2 is 1.92 bits per heavy atom. The molecule has 6 heteroatoms. The molecule has 0 aliphatic carbocycles. The number of benzene rings is 2. The van der Waals surface area contributed by atoms with Crippen LogP contribution in [0, 0.1) is 0 Å². The molecule has 190 valence electrons. The standard InChI is InChI=1S/C30H35ClN2O3/c1-29(2,34)22-9-12-28-26(19-22)24(25-5-3-15-32-27(25)20-36-28)6-4-16-33-17-13-30(35,14-18-33)21-7-10-23(31)11-8-21/h3,5-12,15,19,27,32,34-35H,4,13-14,16-18,20H2,1-2H3/b24-6+. The number of piperidine rings is 1. The number of nitrogens with zero attached hydrogens (tertiary/aromatic N) is 1. The maximum absolute atomic E-state index is 11.2. The molecule has 3 N–H and O–H groups in total. The van der Waals surface area contributed by atoms with Gasteiger partial charge in [0.25, 0.3) is 0 Å². The summed E-state index contributed by atoms with van der Waals surface area (Å²) in [6.07, 6.45) is 10.8. The van der Waals surface area contributed by atoms with Crippen LogP contribution in [0.15, 0.2) is 72.5 Å². The van der Waals surface area contributed by atoms with Gasteiger partial charge in [-0.25, -0.2) is 0 Å². The first kappa shape index (κ1) is 25.1. The van der Waals surface area contributed by atoms with Crippen LogP contribution in [-0.4, -0.2) is 47.4 Å². The van der Waals surface area contributed by atoms with Gasteiger partial charge in [0.15, 0.2) is 0 Å². The fourth-order valence-electron chi connectivity index (χ4n) is 5.33. The van der Waals surface area contributed by atoms with Gasteiger partial charge in [-0.05, 0) is 91.9 Å². The molecule has 1 atom stereocenters. The Kier molecular flexibility index (Phi) is 7.01. The number of hydrogen-bond donors (Lipinski definition) is 3. The Bertz CT molecular complexity index is 1190. The van der Waals surface area contributed by atoms with Crippen LogP contribution in [0.3, 0.4) is 0 Å². The van der Waals surface area contributed by atoms with E-state index in [9.17, 15) is 10.2 Å². The summed E-state index contributed by atoms with van der Waals surface area (Å²) in [6.45, 7) is 6.79. The third-order valence-electron chi connectivity index (χ3n) is 7.60. The number of ether oxygens (including phenoxy) is 1. The minimum atomic E-state index is -0.931. The van der Waals surface area contributed by atoms with Crippen LogP contribution < -0.4 is 10.1 Å². The van der Waals surface area contributed by atoms with Gasteiger partial charge in [0, 0.05) is 30.2 Å². The minimum absolute atomic E-state index is 0.0867. The minimum Gasteiger partial charge on any atom is -0.490 e. The highest BCUT2D eigenvalue weighted by atomic mass is 35.5. The maximum Gasteiger partial charge on any atom is 0.127 e. The predicted octanol–water partition coefficient (Wildman–Crippen LogP) is 5.13. The lowest BCUT2D eigenvalue weighted by Gasteiger charge is -2.38. The number of fused-ring (bicyclic) bond motifs is 2. The lowest BCUT2D eigenvalue weighted by atomic mass is 9.84. The van der Waals surface area contributed by atoms with E-state index in [0.29, 0.717) is 24.5 Å². The molecule has 1 unspecified atom stereocenters. The van der Waals surface area contributed by atoms with Gasteiger partial charge in [-0.15, -0.1) is 0 Å². The van der Waals surface area contributed by atoms with Crippen molar-refractivity contribution in [1.82, 2.24) is 10.2 Å². The van der Waals surface area contributed by atoms with Crippen LogP contribution >= 0.6 is 11.6 Å². The van der Waals surface area contributed by atoms with Crippen LogP contribution in [-0.2, 0) is 11.2 Å². The number of aliphatic hydroxyl groups is 2. The van der Waals surface area contributed by atoms with E-state index in [1.807, 2.05) is 62.5 Å². The van der Waals surface area contributed by atoms with Crippen molar-refractivity contribution in [3.63, 3.8) is 0 Å². The van der Waals surface area contributed by atoms with Crippen LogP contribution in [0.4, 0.5) is 0 Å². The fourth-order valence-corrected chi connectivity index (χ4v) is 5.46. The van der Waals surface area contributed by atoms with Gasteiger partial charge >= 0.3 is 0 Å². The van der Waals surface area contributed by atoms with Crippen molar-refractivity contribution in [1.29, 1.82) is 0 Å². The highest BCUT2D eigenvalue weighted by Gasteiger charge is 2.34. The van der Waals surface area contributed by atoms with E-state index in [2.05, 4.69) is 28.4 Å². The Hall–Kier alpha value is -2.57. The first-order chi connectivity index (χ1) is 17.2. The van der Waals surface area contributed by atoms with E-state index in [1.54, 1.807) is 0 Å². The molecule has 1 saturated heterocycles. The molecule has 3 aliphatic heterocycles. The third kappa shape index (κ3) is 5.25. The molecule has 3 heterocycles. The van der Waals surface area contributed by atoms with Gasteiger partial charge in [0.05, 0.1) is 17.2 Å². The molecule has 2 aromatic rings. The molecule has 36 heavy (non-hydrogen) atoms. The van der Waals surface area contributed by atoms with Gasteiger partial charge in [-0.2, -0.15) is 0 Å². The number of dihydropyridines is 1. The van der Waals surface area contributed by atoms with Crippen molar-refractivity contribution in [3.05, 3.63) is 94.2 Å². The molecular formula is C30H35ClN2O3. The third-order valence-corrected chi connectivity index (χ3v) is 7.85. The first-order valence-corrected chi connectivity index (χ1v) is 13.1. The Balaban J connectivity index is 1.33. The molecule has 3 aliphatic rings. The van der Waals surface area contributed by atoms with Gasteiger partial charge in [0.2, 0.25) is 0 Å². The maximum atomic E-state index is 11.2. The zero-order valence-corrected chi connectivity index (χ0v) is 21.8. The largest absolute Gasteiger partial charge is 0.490 e. The highest BCUT2D eigenvalue weighted by molar-refractivity contribution is 6.30. The zero-order chi connectivity index (χ0) is 25.3. The molecule has 5 rings (SSSR count). The summed E-state index contributed by atoms with van der Waals surface area (Å²) < 4.78 is 6.18. The number of nitrogens with one attached hydrogen (secondary N) is 1. The summed E-state index contributed by atoms with van der Waals surface area (Å²) in [5.41, 5.74) is 3.48. The van der Waals surface area contributed by atoms with Crippen LogP contribution in [0.2, 0.25) is 5.02 Å². The van der Waals surface area contributed by atoms with E-state index in [1.165, 1.54) is 5.57 Å². The van der Waals surface area contributed by atoms with Gasteiger partial charge in [-0.3, -0.25) is 0 Å². The Labute approximate surface area is 218 Å². The fraction of sp³-hybridized carbons (Fsp3) is 0.400. The van der Waals surface area contributed by atoms with Crippen molar-refractivity contribution >= 4 is 17.2 Å². The molecule has 0 spiro atoms. The average Bonchev–Trinajstić information content (AvgIpc) is 3.02. The zero-order valence-electron chi connectivity index (χ0n) is 21.0. The number of allylic oxidation sites excluding steroid dienone is 2. The molecule has 1 fully saturated rings. The van der Waals surface area contributed by atoms with Crippen LogP contribution in [0.5, 0.6) is 5.75 Å². The Morgan fingerprint density at radius 3 is 2.64 bits per heavy atom. The summed E-state index contributed by atoms with van der Waals surface area (Å²) in [7, 11) is 0. The van der Waals surface area contributed by atoms with E-state index >= 15 is 0 Å². The molecule has 5 nitrogen and oxygen atoms in total. The summed E-state index contributed by atoms with van der Waals surface area (Å²) in [6, 6.07) is 13.6. The number of hydrogen-bond acceptors (Lipinski definition) is 5. The lowest BCUT2D eigenvalue weighted by Crippen LogP contribution is -2.42. The van der Waals surface area contributed by atoms with Gasteiger partial charge in [-0.1, -0.05) is 42.0 Å². The van der Waals surface area contributed by atoms with Crippen molar-refractivity contribution in [2.45, 2.75) is 50.4 Å². The quantitative estimate of drug-likeness (QED) is 0.524. The molecule has 0 radical (unpaired) electrons. The molecular weight excluding hydrogens is 472 g/mol. The summed E-state index contributed by atoms with van der Waals surface area (Å²) >= 11 is 6.03. The molecule has 0 amide bonds. The van der Waals surface area contributed by atoms with E-state index in [-0.39, 0.29) is 6.04 Å². The molecule has 0 bridgehead atoms. The first-order valence-electron chi connectivity index (χ1n) is 12.8. The van der Waals surface area contributed by atoms with Crippen molar-refractivity contribution in [2.24, 2.45) is 0 Å². The van der Waals surface area contributed by atoms with E-state index in [0.717, 1.165) is 54.1 Å². The second-order valence-electron chi connectivity index (χ2n) is 10.6. The molecule has 0 saturated carbocycles. The van der Waals surface area contributed by atoms with E-state index in [4.69, 9.17) is 16.3 Å². The molecule has 0 aromatic heterocycles. The van der Waals surface area contributed by atoms with E-state index < -0.39 is 11.2 Å². The van der Waals surface area contributed by atoms with Crippen molar-refractivity contribution < 1.29 is 14.9 Å². The van der Waals surface area contributed by atoms with Gasteiger partial charge in [0.1, 0.15) is 12.4 Å². The smallest absolute Gasteiger partial charge is 0.127 e. The monoisotopic (exact) mass is 506 g/mol. The Morgan fingerprint density at radius 1 is 1.17 bits per heavy atom. The number of halogens is 1. The van der Waals surface area contributed by atoms with Crippen LogP contribution in [0.1, 0.15) is 49.8 Å². The van der Waals surface area contributed by atoms with Gasteiger partial charge < -0.3 is 25.2 Å². The molecule has 2 aromatic carbocycles. The van der Waals surface area contributed by atoms with Crippen molar-refractivity contribution in [3.8, 4) is 5.75 Å². The normalized spacial score (nSPS) is 22.6. The summed E-state index contributed by atoms with van der Waals surface area (Å²) in [5.74, 6) is 0.845.